The number of benzene rings is 7. The van der Waals surface area contributed by atoms with Crippen LogP contribution in [0, 0.1) is 0 Å². The van der Waals surface area contributed by atoms with E-state index >= 15 is 0 Å². The first-order valence-electron chi connectivity index (χ1n) is 19.3. The Bertz CT molecular complexity index is 2870. The van der Waals surface area contributed by atoms with Crippen LogP contribution in [0.25, 0.3) is 20.2 Å². The molecule has 3 nitrogen and oxygen atoms in total. The molecule has 0 N–H and O–H groups in total. The minimum Gasteiger partial charge on any atom is -0.311 e. The second kappa shape index (κ2) is 12.7. The average molecular weight is 756 g/mol. The van der Waals surface area contributed by atoms with E-state index in [0.29, 0.717) is 0 Å². The number of hydrogen-bond donors (Lipinski definition) is 0. The van der Waals surface area contributed by atoms with Crippen molar-refractivity contribution in [2.24, 2.45) is 0 Å². The quantitative estimate of drug-likeness (QED) is 0.162. The van der Waals surface area contributed by atoms with Gasteiger partial charge in [-0.25, -0.2) is 0 Å². The molecule has 2 aliphatic heterocycles. The highest BCUT2D eigenvalue weighted by Gasteiger charge is 2.46. The zero-order chi connectivity index (χ0) is 37.5. The molecule has 0 bridgehead atoms. The van der Waals surface area contributed by atoms with Crippen LogP contribution in [0.1, 0.15) is 26.3 Å². The topological polar surface area (TPSA) is 9.72 Å². The molecule has 11 rings (SSSR count). The molecule has 4 heterocycles. The third kappa shape index (κ3) is 5.17. The number of nitrogens with zero attached hydrogens (tertiary/aromatic N) is 3. The minimum atomic E-state index is 0.0338. The molecule has 56 heavy (non-hydrogen) atoms. The number of thiophene rings is 2. The first-order chi connectivity index (χ1) is 27.4. The van der Waals surface area contributed by atoms with Gasteiger partial charge in [-0.3, -0.25) is 0 Å². The fraction of sp³-hybridized carbons (Fsp3) is 0.0800. The van der Waals surface area contributed by atoms with Crippen molar-refractivity contribution in [2.45, 2.75) is 26.2 Å². The van der Waals surface area contributed by atoms with Gasteiger partial charge in [0.25, 0.3) is 6.71 Å². The van der Waals surface area contributed by atoms with E-state index in [9.17, 15) is 0 Å². The first-order valence-corrected chi connectivity index (χ1v) is 21.0. The molecule has 2 aliphatic rings. The molecule has 0 spiro atoms. The van der Waals surface area contributed by atoms with Gasteiger partial charge in [0.1, 0.15) is 0 Å². The maximum Gasteiger partial charge on any atom is 0.254 e. The van der Waals surface area contributed by atoms with Crippen LogP contribution in [0.5, 0.6) is 0 Å². The molecule has 0 radical (unpaired) electrons. The van der Waals surface area contributed by atoms with E-state index < -0.39 is 0 Å². The smallest absolute Gasteiger partial charge is 0.254 e. The van der Waals surface area contributed by atoms with Crippen molar-refractivity contribution in [2.75, 3.05) is 14.7 Å². The summed E-state index contributed by atoms with van der Waals surface area (Å²) in [4.78, 5) is 7.51. The van der Waals surface area contributed by atoms with Gasteiger partial charge in [0.2, 0.25) is 0 Å². The molecule has 0 aliphatic carbocycles. The summed E-state index contributed by atoms with van der Waals surface area (Å²) in [5.74, 6) is 0. The summed E-state index contributed by atoms with van der Waals surface area (Å²) < 4.78 is 2.61. The number of para-hydroxylation sites is 3. The summed E-state index contributed by atoms with van der Waals surface area (Å²) in [6, 6.07) is 63.0. The highest BCUT2D eigenvalue weighted by atomic mass is 32.1. The van der Waals surface area contributed by atoms with E-state index in [4.69, 9.17) is 0 Å². The van der Waals surface area contributed by atoms with E-state index in [1.54, 1.807) is 0 Å². The Hall–Kier alpha value is -6.08. The van der Waals surface area contributed by atoms with Crippen molar-refractivity contribution >= 4 is 116 Å². The fourth-order valence-corrected chi connectivity index (χ4v) is 10.9. The SMILES string of the molecule is CC(C)(C)c1ccc(N2c3cc(N(c4ccccc4)c4ccccc4)cc4c3B(c3cc5ccsc5cc3N4c3ccccc3)c3c2sc2ccccc32)cc1. The lowest BCUT2D eigenvalue weighted by Gasteiger charge is -2.44. The summed E-state index contributed by atoms with van der Waals surface area (Å²) in [5.41, 5.74) is 14.7. The van der Waals surface area contributed by atoms with E-state index in [2.05, 4.69) is 211 Å². The molecular formula is C50H38BN3S2. The van der Waals surface area contributed by atoms with E-state index in [-0.39, 0.29) is 12.1 Å². The Morgan fingerprint density at radius 2 is 1.12 bits per heavy atom. The third-order valence-electron chi connectivity index (χ3n) is 11.4. The Labute approximate surface area is 336 Å². The van der Waals surface area contributed by atoms with E-state index in [1.807, 2.05) is 22.7 Å². The number of fused-ring (bicyclic) bond motifs is 7. The Morgan fingerprint density at radius 3 is 1.80 bits per heavy atom. The normalized spacial score (nSPS) is 13.2. The van der Waals surface area contributed by atoms with Gasteiger partial charge in [0.15, 0.2) is 0 Å². The number of hydrogen-bond acceptors (Lipinski definition) is 5. The summed E-state index contributed by atoms with van der Waals surface area (Å²) in [6.07, 6.45) is 0. The van der Waals surface area contributed by atoms with Gasteiger partial charge in [0, 0.05) is 49.2 Å². The van der Waals surface area contributed by atoms with Crippen molar-refractivity contribution in [3.8, 4) is 0 Å². The highest BCUT2D eigenvalue weighted by molar-refractivity contribution is 7.26. The monoisotopic (exact) mass is 755 g/mol. The van der Waals surface area contributed by atoms with Crippen LogP contribution in [-0.2, 0) is 5.41 Å². The van der Waals surface area contributed by atoms with Gasteiger partial charge in [-0.05, 0) is 122 Å². The molecule has 0 fully saturated rings. The minimum absolute atomic E-state index is 0.0338. The predicted molar refractivity (Wildman–Crippen MR) is 245 cm³/mol. The Kier molecular flexibility index (Phi) is 7.57. The summed E-state index contributed by atoms with van der Waals surface area (Å²) in [5, 5.41) is 6.14. The molecule has 0 saturated carbocycles. The van der Waals surface area contributed by atoms with Gasteiger partial charge in [0.05, 0.1) is 10.7 Å². The van der Waals surface area contributed by atoms with Crippen molar-refractivity contribution in [1.29, 1.82) is 0 Å². The van der Waals surface area contributed by atoms with Gasteiger partial charge < -0.3 is 14.7 Å². The summed E-state index contributed by atoms with van der Waals surface area (Å²) in [6.45, 7) is 6.91. The average Bonchev–Trinajstić information content (AvgIpc) is 3.85. The number of rotatable bonds is 5. The van der Waals surface area contributed by atoms with Crippen molar-refractivity contribution < 1.29 is 0 Å². The van der Waals surface area contributed by atoms with Gasteiger partial charge in [-0.1, -0.05) is 112 Å². The maximum absolute atomic E-state index is 2.57. The zero-order valence-electron chi connectivity index (χ0n) is 31.5. The molecule has 0 atom stereocenters. The van der Waals surface area contributed by atoms with Crippen LogP contribution in [0.15, 0.2) is 175 Å². The third-order valence-corrected chi connectivity index (χ3v) is 13.5. The second-order valence-electron chi connectivity index (χ2n) is 15.8. The van der Waals surface area contributed by atoms with E-state index in [0.717, 1.165) is 22.7 Å². The summed E-state index contributed by atoms with van der Waals surface area (Å²) in [7, 11) is 0. The highest BCUT2D eigenvalue weighted by Crippen LogP contribution is 2.51. The molecule has 6 heteroatoms. The Morgan fingerprint density at radius 1 is 0.518 bits per heavy atom. The van der Waals surface area contributed by atoms with Crippen molar-refractivity contribution in [1.82, 2.24) is 0 Å². The van der Waals surface area contributed by atoms with Gasteiger partial charge >= 0.3 is 0 Å². The molecular weight excluding hydrogens is 718 g/mol. The maximum atomic E-state index is 2.57. The molecule has 2 aromatic heterocycles. The molecule has 9 aromatic rings. The largest absolute Gasteiger partial charge is 0.311 e. The van der Waals surface area contributed by atoms with Crippen LogP contribution in [0.3, 0.4) is 0 Å². The fourth-order valence-electron chi connectivity index (χ4n) is 8.86. The van der Waals surface area contributed by atoms with E-state index in [1.165, 1.54) is 69.9 Å². The van der Waals surface area contributed by atoms with Crippen LogP contribution in [-0.4, -0.2) is 6.71 Å². The van der Waals surface area contributed by atoms with Crippen molar-refractivity contribution in [3.05, 3.63) is 181 Å². The van der Waals surface area contributed by atoms with Gasteiger partial charge in [-0.15, -0.1) is 22.7 Å². The molecule has 0 saturated heterocycles. The lowest BCUT2D eigenvalue weighted by molar-refractivity contribution is 0.590. The Balaban J connectivity index is 1.29. The second-order valence-corrected chi connectivity index (χ2v) is 17.8. The first kappa shape index (κ1) is 33.3. The van der Waals surface area contributed by atoms with Crippen LogP contribution in [0.4, 0.5) is 50.5 Å². The lowest BCUT2D eigenvalue weighted by Crippen LogP contribution is -2.61. The predicted octanol–water partition coefficient (Wildman–Crippen LogP) is 13.0. The molecule has 7 aromatic carbocycles. The van der Waals surface area contributed by atoms with Gasteiger partial charge in [-0.2, -0.15) is 0 Å². The van der Waals surface area contributed by atoms with Crippen LogP contribution >= 0.6 is 22.7 Å². The standard InChI is InChI=1S/C50H38BN3S2/c1-50(2,3)34-23-25-38(26-24-34)54-44-31-39(52(35-15-7-4-8-16-35)36-17-9-5-10-18-36)30-43-48(44)51(47-40-21-13-14-22-45(40)56-49(47)54)41-29-33-27-28-55-46(33)32-42(41)53(43)37-19-11-6-12-20-37/h4-32H,1-3H3. The zero-order valence-corrected chi connectivity index (χ0v) is 33.1. The van der Waals surface area contributed by atoms with Crippen LogP contribution < -0.4 is 31.1 Å². The number of anilines is 9. The molecule has 268 valence electrons. The molecule has 0 amide bonds. The van der Waals surface area contributed by atoms with Crippen LogP contribution in [0.2, 0.25) is 0 Å². The van der Waals surface area contributed by atoms with Crippen molar-refractivity contribution in [3.63, 3.8) is 0 Å². The summed E-state index contributed by atoms with van der Waals surface area (Å²) >= 11 is 3.73. The lowest BCUT2D eigenvalue weighted by atomic mass is 9.33. The molecule has 0 unspecified atom stereocenters.